The Kier molecular flexibility index (Phi) is 6.64. The molecule has 0 unspecified atom stereocenters. The Morgan fingerprint density at radius 2 is 1.90 bits per heavy atom. The SMILES string of the molecule is Cc1c(NC(=O)Cc2csc(NC(=O)C(C)C)n2)cccc1C(=O)N1CCCC1. The summed E-state index contributed by atoms with van der Waals surface area (Å²) in [5, 5.41) is 7.86. The Labute approximate surface area is 174 Å². The molecule has 1 aromatic carbocycles. The second-order valence-electron chi connectivity index (χ2n) is 7.49. The molecule has 1 fully saturated rings. The molecule has 0 aliphatic carbocycles. The van der Waals surface area contributed by atoms with Crippen LogP contribution in [0.5, 0.6) is 0 Å². The summed E-state index contributed by atoms with van der Waals surface area (Å²) in [5.74, 6) is -0.443. The highest BCUT2D eigenvalue weighted by Gasteiger charge is 2.22. The van der Waals surface area contributed by atoms with Crippen LogP contribution in [0.2, 0.25) is 0 Å². The molecule has 3 rings (SSSR count). The van der Waals surface area contributed by atoms with Crippen molar-refractivity contribution in [1.82, 2.24) is 9.88 Å². The molecule has 0 bridgehead atoms. The highest BCUT2D eigenvalue weighted by molar-refractivity contribution is 7.13. The number of thiazole rings is 1. The molecule has 7 nitrogen and oxygen atoms in total. The number of benzene rings is 1. The molecule has 3 amide bonds. The summed E-state index contributed by atoms with van der Waals surface area (Å²) < 4.78 is 0. The number of amides is 3. The Bertz CT molecular complexity index is 916. The Morgan fingerprint density at radius 1 is 1.17 bits per heavy atom. The predicted molar refractivity (Wildman–Crippen MR) is 114 cm³/mol. The zero-order valence-corrected chi connectivity index (χ0v) is 17.8. The Hall–Kier alpha value is -2.74. The van der Waals surface area contributed by atoms with Gasteiger partial charge in [0.05, 0.1) is 12.1 Å². The van der Waals surface area contributed by atoms with E-state index in [-0.39, 0.29) is 30.1 Å². The van der Waals surface area contributed by atoms with Gasteiger partial charge in [0.25, 0.3) is 5.91 Å². The van der Waals surface area contributed by atoms with E-state index in [4.69, 9.17) is 0 Å². The number of likely N-dealkylation sites (tertiary alicyclic amines) is 1. The number of nitrogens with zero attached hydrogens (tertiary/aromatic N) is 2. The molecule has 0 saturated carbocycles. The maximum Gasteiger partial charge on any atom is 0.254 e. The lowest BCUT2D eigenvalue weighted by atomic mass is 10.1. The van der Waals surface area contributed by atoms with Crippen LogP contribution in [-0.2, 0) is 16.0 Å². The van der Waals surface area contributed by atoms with Gasteiger partial charge in [0.1, 0.15) is 0 Å². The van der Waals surface area contributed by atoms with Gasteiger partial charge in [0.15, 0.2) is 5.13 Å². The van der Waals surface area contributed by atoms with Crippen molar-refractivity contribution in [2.24, 2.45) is 5.92 Å². The minimum absolute atomic E-state index is 0.0149. The summed E-state index contributed by atoms with van der Waals surface area (Å²) in [7, 11) is 0. The van der Waals surface area contributed by atoms with Crippen LogP contribution in [0.4, 0.5) is 10.8 Å². The molecule has 2 N–H and O–H groups in total. The first-order chi connectivity index (χ1) is 13.8. The maximum atomic E-state index is 12.7. The predicted octanol–water partition coefficient (Wildman–Crippen LogP) is 3.46. The summed E-state index contributed by atoms with van der Waals surface area (Å²) in [4.78, 5) is 43.1. The van der Waals surface area contributed by atoms with E-state index >= 15 is 0 Å². The lowest BCUT2D eigenvalue weighted by Gasteiger charge is -2.18. The highest BCUT2D eigenvalue weighted by Crippen LogP contribution is 2.23. The van der Waals surface area contributed by atoms with Gasteiger partial charge < -0.3 is 15.5 Å². The van der Waals surface area contributed by atoms with Crippen molar-refractivity contribution >= 4 is 39.9 Å². The van der Waals surface area contributed by atoms with E-state index in [1.54, 1.807) is 23.6 Å². The number of aromatic nitrogens is 1. The van der Waals surface area contributed by atoms with Gasteiger partial charge in [-0.3, -0.25) is 14.4 Å². The van der Waals surface area contributed by atoms with Crippen LogP contribution in [0.15, 0.2) is 23.6 Å². The van der Waals surface area contributed by atoms with E-state index in [1.165, 1.54) is 11.3 Å². The summed E-state index contributed by atoms with van der Waals surface area (Å²) >= 11 is 1.29. The fraction of sp³-hybridized carbons (Fsp3) is 0.429. The number of nitrogens with one attached hydrogen (secondary N) is 2. The zero-order chi connectivity index (χ0) is 21.0. The third-order valence-corrected chi connectivity index (χ3v) is 5.69. The molecule has 1 aliphatic heterocycles. The Morgan fingerprint density at radius 3 is 2.59 bits per heavy atom. The van der Waals surface area contributed by atoms with Crippen LogP contribution >= 0.6 is 11.3 Å². The molecule has 154 valence electrons. The standard InChI is InChI=1S/C21H26N4O3S/c1-13(2)19(27)24-21-22-15(12-29-21)11-18(26)23-17-8-6-7-16(14(17)3)20(28)25-9-4-5-10-25/h6-8,12-13H,4-5,9-11H2,1-3H3,(H,23,26)(H,22,24,27). The number of carbonyl (C=O) groups excluding carboxylic acids is 3. The number of hydrogen-bond donors (Lipinski definition) is 2. The Balaban J connectivity index is 1.64. The minimum Gasteiger partial charge on any atom is -0.339 e. The van der Waals surface area contributed by atoms with Gasteiger partial charge in [0.2, 0.25) is 11.8 Å². The van der Waals surface area contributed by atoms with E-state index in [1.807, 2.05) is 25.7 Å². The average molecular weight is 415 g/mol. The first-order valence-corrected chi connectivity index (χ1v) is 10.7. The van der Waals surface area contributed by atoms with E-state index in [0.717, 1.165) is 31.5 Å². The normalized spacial score (nSPS) is 13.6. The van der Waals surface area contributed by atoms with Crippen LogP contribution in [0, 0.1) is 12.8 Å². The third kappa shape index (κ3) is 5.20. The number of anilines is 2. The number of rotatable bonds is 6. The monoisotopic (exact) mass is 414 g/mol. The maximum absolute atomic E-state index is 12.7. The van der Waals surface area contributed by atoms with E-state index < -0.39 is 0 Å². The molecule has 1 aliphatic rings. The number of carbonyl (C=O) groups is 3. The average Bonchev–Trinajstić information content (AvgIpc) is 3.35. The van der Waals surface area contributed by atoms with Gasteiger partial charge in [0, 0.05) is 35.6 Å². The van der Waals surface area contributed by atoms with Gasteiger partial charge in [-0.1, -0.05) is 19.9 Å². The second-order valence-corrected chi connectivity index (χ2v) is 8.35. The van der Waals surface area contributed by atoms with E-state index in [2.05, 4.69) is 15.6 Å². The molecule has 1 saturated heterocycles. The molecular weight excluding hydrogens is 388 g/mol. The molecule has 0 atom stereocenters. The molecule has 0 spiro atoms. The minimum atomic E-state index is -0.217. The van der Waals surface area contributed by atoms with Crippen LogP contribution in [0.3, 0.4) is 0 Å². The van der Waals surface area contributed by atoms with Crippen molar-refractivity contribution in [2.75, 3.05) is 23.7 Å². The van der Waals surface area contributed by atoms with E-state index in [0.29, 0.717) is 22.1 Å². The van der Waals surface area contributed by atoms with Crippen LogP contribution in [0.25, 0.3) is 0 Å². The van der Waals surface area contributed by atoms with Crippen LogP contribution in [-0.4, -0.2) is 40.7 Å². The molecule has 2 heterocycles. The smallest absolute Gasteiger partial charge is 0.254 e. The molecule has 8 heteroatoms. The van der Waals surface area contributed by atoms with Gasteiger partial charge in [-0.05, 0) is 37.5 Å². The highest BCUT2D eigenvalue weighted by atomic mass is 32.1. The lowest BCUT2D eigenvalue weighted by Crippen LogP contribution is -2.28. The second kappa shape index (κ2) is 9.17. The first kappa shape index (κ1) is 21.0. The summed E-state index contributed by atoms with van der Waals surface area (Å²) in [6.45, 7) is 7.04. The third-order valence-electron chi connectivity index (χ3n) is 4.88. The zero-order valence-electron chi connectivity index (χ0n) is 16.9. The van der Waals surface area contributed by atoms with Crippen molar-refractivity contribution in [1.29, 1.82) is 0 Å². The quantitative estimate of drug-likeness (QED) is 0.757. The fourth-order valence-corrected chi connectivity index (χ4v) is 3.86. The van der Waals surface area contributed by atoms with Gasteiger partial charge in [-0.2, -0.15) is 0 Å². The van der Waals surface area contributed by atoms with Crippen molar-refractivity contribution < 1.29 is 14.4 Å². The van der Waals surface area contributed by atoms with Gasteiger partial charge in [-0.25, -0.2) is 4.98 Å². The molecule has 1 aromatic heterocycles. The van der Waals surface area contributed by atoms with Crippen LogP contribution in [0.1, 0.15) is 48.3 Å². The largest absolute Gasteiger partial charge is 0.339 e. The summed E-state index contributed by atoms with van der Waals surface area (Å²) in [6, 6.07) is 5.38. The van der Waals surface area contributed by atoms with Crippen molar-refractivity contribution in [3.63, 3.8) is 0 Å². The molecule has 2 aromatic rings. The van der Waals surface area contributed by atoms with Crippen molar-refractivity contribution in [3.05, 3.63) is 40.4 Å². The first-order valence-electron chi connectivity index (χ1n) is 9.79. The number of hydrogen-bond acceptors (Lipinski definition) is 5. The van der Waals surface area contributed by atoms with E-state index in [9.17, 15) is 14.4 Å². The van der Waals surface area contributed by atoms with Crippen LogP contribution < -0.4 is 10.6 Å². The van der Waals surface area contributed by atoms with Crippen molar-refractivity contribution in [3.8, 4) is 0 Å². The van der Waals surface area contributed by atoms with Crippen molar-refractivity contribution in [2.45, 2.75) is 40.0 Å². The topological polar surface area (TPSA) is 91.4 Å². The van der Waals surface area contributed by atoms with Gasteiger partial charge >= 0.3 is 0 Å². The summed E-state index contributed by atoms with van der Waals surface area (Å²) in [6.07, 6.45) is 2.17. The lowest BCUT2D eigenvalue weighted by molar-refractivity contribution is -0.119. The fourth-order valence-electron chi connectivity index (χ4n) is 3.15. The summed E-state index contributed by atoms with van der Waals surface area (Å²) in [5.41, 5.74) is 2.61. The molecule has 0 radical (unpaired) electrons. The molecule has 29 heavy (non-hydrogen) atoms. The molecular formula is C21H26N4O3S. The van der Waals surface area contributed by atoms with Gasteiger partial charge in [-0.15, -0.1) is 11.3 Å².